The van der Waals surface area contributed by atoms with E-state index >= 15 is 0 Å². The van der Waals surface area contributed by atoms with Crippen LogP contribution in [0.2, 0.25) is 0 Å². The van der Waals surface area contributed by atoms with Crippen molar-refractivity contribution in [3.63, 3.8) is 0 Å². The number of Topliss-reactive ketones (excluding diaryl/α,β-unsaturated/α-hetero) is 1. The lowest BCUT2D eigenvalue weighted by atomic mass is 9.83. The Morgan fingerprint density at radius 3 is 2.26 bits per heavy atom. The third-order valence-corrected chi connectivity index (χ3v) is 6.25. The van der Waals surface area contributed by atoms with Gasteiger partial charge in [0.1, 0.15) is 0 Å². The topological polar surface area (TPSA) is 52.6 Å². The fraction of sp³-hybridized carbons (Fsp3) is 0.435. The van der Waals surface area contributed by atoms with Crippen molar-refractivity contribution in [3.05, 3.63) is 65.2 Å². The summed E-state index contributed by atoms with van der Waals surface area (Å²) in [5.74, 6) is 0.349. The smallest absolute Gasteiger partial charge is 0.166 e. The maximum atomic E-state index is 12.8. The van der Waals surface area contributed by atoms with Crippen molar-refractivity contribution in [2.75, 3.05) is 25.5 Å². The molecule has 1 aliphatic carbocycles. The number of aliphatic hydroxyl groups is 1. The van der Waals surface area contributed by atoms with Crippen LogP contribution in [0.4, 0.5) is 5.69 Å². The quantitative estimate of drug-likeness (QED) is 0.819. The first-order valence-electron chi connectivity index (χ1n) is 9.96. The number of hydrogen-bond donors (Lipinski definition) is 2. The molecule has 1 heterocycles. The van der Waals surface area contributed by atoms with E-state index in [9.17, 15) is 9.90 Å². The molecule has 2 aliphatic rings. The molecule has 2 N–H and O–H groups in total. The molecule has 2 aromatic rings. The molecule has 1 aliphatic heterocycles. The predicted octanol–water partition coefficient (Wildman–Crippen LogP) is 3.15. The van der Waals surface area contributed by atoms with E-state index in [4.69, 9.17) is 0 Å². The molecule has 142 valence electrons. The maximum Gasteiger partial charge on any atom is 0.166 e. The van der Waals surface area contributed by atoms with E-state index in [0.717, 1.165) is 50.0 Å². The van der Waals surface area contributed by atoms with Crippen molar-refractivity contribution in [2.45, 2.75) is 37.8 Å². The highest BCUT2D eigenvalue weighted by Crippen LogP contribution is 2.29. The van der Waals surface area contributed by atoms with Crippen LogP contribution >= 0.6 is 0 Å². The zero-order valence-electron chi connectivity index (χ0n) is 15.9. The molecule has 1 fully saturated rings. The average Bonchev–Trinajstić information content (AvgIpc) is 2.73. The van der Waals surface area contributed by atoms with Gasteiger partial charge in [-0.25, -0.2) is 0 Å². The van der Waals surface area contributed by atoms with Gasteiger partial charge in [0.2, 0.25) is 0 Å². The van der Waals surface area contributed by atoms with Crippen molar-refractivity contribution >= 4 is 11.5 Å². The summed E-state index contributed by atoms with van der Waals surface area (Å²) in [7, 11) is 1.88. The molecule has 4 heteroatoms. The zero-order chi connectivity index (χ0) is 18.8. The number of hydrogen-bond acceptors (Lipinski definition) is 4. The maximum absolute atomic E-state index is 12.8. The molecular formula is C23H28N2O2. The SMILES string of the molecule is CNc1ccc(C(=O)C2CCN([C@@H]3Cc4ccccc4C[C@H]3O)CC2)cc1. The lowest BCUT2D eigenvalue weighted by molar-refractivity contribution is 0.0239. The highest BCUT2D eigenvalue weighted by molar-refractivity contribution is 5.98. The molecule has 0 spiro atoms. The van der Waals surface area contributed by atoms with Gasteiger partial charge in [-0.05, 0) is 67.7 Å². The predicted molar refractivity (Wildman–Crippen MR) is 108 cm³/mol. The number of aliphatic hydroxyl groups excluding tert-OH is 1. The largest absolute Gasteiger partial charge is 0.391 e. The first-order chi connectivity index (χ1) is 13.2. The number of carbonyl (C=O) groups excluding carboxylic acids is 1. The summed E-state index contributed by atoms with van der Waals surface area (Å²) in [5.41, 5.74) is 4.46. The Labute approximate surface area is 161 Å². The number of carbonyl (C=O) groups is 1. The Morgan fingerprint density at radius 2 is 1.63 bits per heavy atom. The van der Waals surface area contributed by atoms with Crippen LogP contribution in [-0.4, -0.2) is 48.1 Å². The Bertz CT molecular complexity index is 794. The second-order valence-electron chi connectivity index (χ2n) is 7.81. The van der Waals surface area contributed by atoms with E-state index in [2.05, 4.69) is 28.4 Å². The number of ketones is 1. The van der Waals surface area contributed by atoms with Crippen LogP contribution in [0.1, 0.15) is 34.3 Å². The van der Waals surface area contributed by atoms with Gasteiger partial charge >= 0.3 is 0 Å². The summed E-state index contributed by atoms with van der Waals surface area (Å²) in [6.45, 7) is 1.77. The van der Waals surface area contributed by atoms with Crippen LogP contribution < -0.4 is 5.32 Å². The average molecular weight is 364 g/mol. The molecule has 2 atom stereocenters. The Morgan fingerprint density at radius 1 is 1.00 bits per heavy atom. The van der Waals surface area contributed by atoms with E-state index in [1.165, 1.54) is 11.1 Å². The summed E-state index contributed by atoms with van der Waals surface area (Å²) < 4.78 is 0. The zero-order valence-corrected chi connectivity index (χ0v) is 15.9. The Hall–Kier alpha value is -2.17. The molecule has 4 rings (SSSR count). The number of piperidine rings is 1. The second kappa shape index (κ2) is 7.83. The van der Waals surface area contributed by atoms with Crippen molar-refractivity contribution in [1.82, 2.24) is 4.90 Å². The number of rotatable bonds is 4. The second-order valence-corrected chi connectivity index (χ2v) is 7.81. The molecule has 0 amide bonds. The van der Waals surface area contributed by atoms with Crippen molar-refractivity contribution in [3.8, 4) is 0 Å². The van der Waals surface area contributed by atoms with Crippen molar-refractivity contribution in [2.24, 2.45) is 5.92 Å². The first-order valence-corrected chi connectivity index (χ1v) is 9.96. The molecule has 0 radical (unpaired) electrons. The third-order valence-electron chi connectivity index (χ3n) is 6.25. The number of anilines is 1. The molecule has 27 heavy (non-hydrogen) atoms. The first kappa shape index (κ1) is 18.2. The number of fused-ring (bicyclic) bond motifs is 1. The summed E-state index contributed by atoms with van der Waals surface area (Å²) >= 11 is 0. The van der Waals surface area contributed by atoms with Crippen LogP contribution in [-0.2, 0) is 12.8 Å². The fourth-order valence-electron chi connectivity index (χ4n) is 4.58. The van der Waals surface area contributed by atoms with Gasteiger partial charge in [0.25, 0.3) is 0 Å². The Kier molecular flexibility index (Phi) is 5.28. The van der Waals surface area contributed by atoms with Gasteiger partial charge in [-0.3, -0.25) is 9.69 Å². The highest BCUT2D eigenvalue weighted by atomic mass is 16.3. The minimum atomic E-state index is -0.318. The molecule has 0 saturated carbocycles. The minimum absolute atomic E-state index is 0.0923. The molecule has 1 saturated heterocycles. The van der Waals surface area contributed by atoms with Gasteiger partial charge in [-0.1, -0.05) is 24.3 Å². The number of benzene rings is 2. The highest BCUT2D eigenvalue weighted by Gasteiger charge is 2.35. The summed E-state index contributed by atoms with van der Waals surface area (Å²) in [4.78, 5) is 15.2. The molecule has 0 unspecified atom stereocenters. The van der Waals surface area contributed by atoms with Gasteiger partial charge in [0.05, 0.1) is 6.10 Å². The van der Waals surface area contributed by atoms with Crippen LogP contribution in [0.3, 0.4) is 0 Å². The van der Waals surface area contributed by atoms with Gasteiger partial charge in [-0.15, -0.1) is 0 Å². The summed E-state index contributed by atoms with van der Waals surface area (Å²) in [6.07, 6.45) is 3.06. The number of likely N-dealkylation sites (tertiary alicyclic amines) is 1. The van der Waals surface area contributed by atoms with E-state index in [-0.39, 0.29) is 23.8 Å². The third kappa shape index (κ3) is 3.78. The van der Waals surface area contributed by atoms with Crippen LogP contribution in [0, 0.1) is 5.92 Å². The minimum Gasteiger partial charge on any atom is -0.391 e. The van der Waals surface area contributed by atoms with Crippen molar-refractivity contribution < 1.29 is 9.90 Å². The van der Waals surface area contributed by atoms with Gasteiger partial charge < -0.3 is 10.4 Å². The number of nitrogens with zero attached hydrogens (tertiary/aromatic N) is 1. The monoisotopic (exact) mass is 364 g/mol. The Balaban J connectivity index is 1.38. The molecule has 2 aromatic carbocycles. The van der Waals surface area contributed by atoms with E-state index in [1.54, 1.807) is 0 Å². The standard InChI is InChI=1S/C23H28N2O2/c1-24-20-8-6-16(7-9-20)23(27)17-10-12-25(13-11-17)21-14-18-4-2-3-5-19(18)15-22(21)26/h2-9,17,21-22,24,26H,10-15H2,1H3/t21-,22-/m1/s1. The lowest BCUT2D eigenvalue weighted by Gasteiger charge is -2.41. The van der Waals surface area contributed by atoms with Crippen LogP contribution in [0.15, 0.2) is 48.5 Å². The van der Waals surface area contributed by atoms with E-state index < -0.39 is 0 Å². The molecular weight excluding hydrogens is 336 g/mol. The normalized spacial score (nSPS) is 23.6. The van der Waals surface area contributed by atoms with E-state index in [0.29, 0.717) is 0 Å². The van der Waals surface area contributed by atoms with Gasteiger partial charge in [0.15, 0.2) is 5.78 Å². The summed E-state index contributed by atoms with van der Waals surface area (Å²) in [5, 5.41) is 13.7. The van der Waals surface area contributed by atoms with Gasteiger partial charge in [0, 0.05) is 36.7 Å². The number of nitrogens with one attached hydrogen (secondary N) is 1. The molecule has 4 nitrogen and oxygen atoms in total. The molecule has 0 bridgehead atoms. The summed E-state index contributed by atoms with van der Waals surface area (Å²) in [6, 6.07) is 16.4. The van der Waals surface area contributed by atoms with Gasteiger partial charge in [-0.2, -0.15) is 0 Å². The lowest BCUT2D eigenvalue weighted by Crippen LogP contribution is -2.51. The van der Waals surface area contributed by atoms with Crippen LogP contribution in [0.25, 0.3) is 0 Å². The fourth-order valence-corrected chi connectivity index (χ4v) is 4.58. The molecule has 0 aromatic heterocycles. The van der Waals surface area contributed by atoms with Crippen LogP contribution in [0.5, 0.6) is 0 Å². The van der Waals surface area contributed by atoms with Crippen molar-refractivity contribution in [1.29, 1.82) is 0 Å². The van der Waals surface area contributed by atoms with E-state index in [1.807, 2.05) is 37.4 Å².